The molecule has 3 heterocycles. The van der Waals surface area contributed by atoms with E-state index in [1.807, 2.05) is 24.3 Å². The van der Waals surface area contributed by atoms with Crippen molar-refractivity contribution in [1.29, 1.82) is 0 Å². The number of nitrogens with zero attached hydrogens (tertiary/aromatic N) is 4. The van der Waals surface area contributed by atoms with Crippen molar-refractivity contribution in [3.8, 4) is 11.6 Å². The number of nitrogens with one attached hydrogen (secondary N) is 1. The SMILES string of the molecule is O=S(=O)(Nc1ccc(Oc2nc3ccccc3n3cnnc23)cc1)c1ccc(Cl)s1. The third-order valence-corrected chi connectivity index (χ3v) is 7.34. The van der Waals surface area contributed by atoms with E-state index in [1.54, 1.807) is 41.1 Å². The third kappa shape index (κ3) is 3.45. The Hall–Kier alpha value is -3.21. The van der Waals surface area contributed by atoms with E-state index in [0.717, 1.165) is 22.4 Å². The molecule has 30 heavy (non-hydrogen) atoms. The maximum atomic E-state index is 12.4. The van der Waals surface area contributed by atoms with Crippen molar-refractivity contribution >= 4 is 55.3 Å². The fourth-order valence-corrected chi connectivity index (χ4v) is 5.44. The van der Waals surface area contributed by atoms with Crippen LogP contribution in [0.25, 0.3) is 16.7 Å². The van der Waals surface area contributed by atoms with Gasteiger partial charge in [0.1, 0.15) is 16.3 Å². The van der Waals surface area contributed by atoms with Gasteiger partial charge in [0, 0.05) is 5.69 Å². The molecule has 5 aromatic rings. The topological polar surface area (TPSA) is 98.5 Å². The average Bonchev–Trinajstić information content (AvgIpc) is 3.39. The van der Waals surface area contributed by atoms with E-state index < -0.39 is 10.0 Å². The lowest BCUT2D eigenvalue weighted by atomic mass is 10.3. The summed E-state index contributed by atoms with van der Waals surface area (Å²) in [6.07, 6.45) is 1.60. The van der Waals surface area contributed by atoms with Gasteiger partial charge in [-0.25, -0.2) is 13.4 Å². The number of para-hydroxylation sites is 2. The number of sulfonamides is 1. The molecule has 0 bridgehead atoms. The summed E-state index contributed by atoms with van der Waals surface area (Å²) in [5.41, 5.74) is 2.47. The molecule has 0 fully saturated rings. The van der Waals surface area contributed by atoms with Crippen LogP contribution < -0.4 is 9.46 Å². The summed E-state index contributed by atoms with van der Waals surface area (Å²) < 4.78 is 35.6. The Bertz CT molecular complexity index is 1480. The molecule has 0 atom stereocenters. The molecule has 150 valence electrons. The molecule has 5 rings (SSSR count). The summed E-state index contributed by atoms with van der Waals surface area (Å²) in [5, 5.41) is 8.04. The molecular formula is C19H12ClN5O3S2. The van der Waals surface area contributed by atoms with Crippen LogP contribution in [0.4, 0.5) is 5.69 Å². The first kappa shape index (κ1) is 18.8. The molecular weight excluding hydrogens is 446 g/mol. The van der Waals surface area contributed by atoms with Crippen LogP contribution in [0.3, 0.4) is 0 Å². The second kappa shape index (κ2) is 7.24. The second-order valence-corrected chi connectivity index (χ2v) is 9.85. The van der Waals surface area contributed by atoms with Gasteiger partial charge in [0.05, 0.1) is 15.4 Å². The van der Waals surface area contributed by atoms with Crippen molar-refractivity contribution in [3.05, 3.63) is 71.3 Å². The molecule has 0 amide bonds. The number of rotatable bonds is 5. The lowest BCUT2D eigenvalue weighted by Gasteiger charge is -2.10. The zero-order chi connectivity index (χ0) is 20.7. The first-order chi connectivity index (χ1) is 14.5. The van der Waals surface area contributed by atoms with Gasteiger partial charge in [-0.05, 0) is 48.5 Å². The van der Waals surface area contributed by atoms with Crippen molar-refractivity contribution in [2.75, 3.05) is 4.72 Å². The maximum absolute atomic E-state index is 12.4. The Morgan fingerprint density at radius 1 is 1.03 bits per heavy atom. The summed E-state index contributed by atoms with van der Waals surface area (Å²) in [6, 6.07) is 17.1. The molecule has 0 saturated carbocycles. The number of benzene rings is 2. The number of fused-ring (bicyclic) bond motifs is 3. The summed E-state index contributed by atoms with van der Waals surface area (Å²) in [5.74, 6) is 0.776. The number of halogens is 1. The Morgan fingerprint density at radius 3 is 2.60 bits per heavy atom. The van der Waals surface area contributed by atoms with Gasteiger partial charge in [-0.15, -0.1) is 21.5 Å². The van der Waals surface area contributed by atoms with E-state index >= 15 is 0 Å². The Kier molecular flexibility index (Phi) is 4.54. The van der Waals surface area contributed by atoms with Gasteiger partial charge in [0.2, 0.25) is 5.65 Å². The molecule has 0 saturated heterocycles. The smallest absolute Gasteiger partial charge is 0.271 e. The molecule has 0 aliphatic heterocycles. The predicted molar refractivity (Wildman–Crippen MR) is 115 cm³/mol. The minimum Gasteiger partial charge on any atom is -0.436 e. The van der Waals surface area contributed by atoms with Crippen LogP contribution in [0.15, 0.2) is 71.2 Å². The molecule has 0 aliphatic carbocycles. The molecule has 0 radical (unpaired) electrons. The van der Waals surface area contributed by atoms with Crippen LogP contribution in [0.2, 0.25) is 4.34 Å². The number of anilines is 1. The Morgan fingerprint density at radius 2 is 1.83 bits per heavy atom. The monoisotopic (exact) mass is 457 g/mol. The van der Waals surface area contributed by atoms with Gasteiger partial charge in [-0.3, -0.25) is 9.12 Å². The van der Waals surface area contributed by atoms with E-state index in [2.05, 4.69) is 19.9 Å². The lowest BCUT2D eigenvalue weighted by Crippen LogP contribution is -2.11. The fraction of sp³-hybridized carbons (Fsp3) is 0. The standard InChI is InChI=1S/C19H12ClN5O3S2/c20-16-9-10-17(29-16)30(26,27)24-12-5-7-13(8-6-12)28-19-18-23-21-11-25(18)15-4-2-1-3-14(15)22-19/h1-11,24H. The number of thiophene rings is 1. The van der Waals surface area contributed by atoms with Crippen molar-refractivity contribution in [3.63, 3.8) is 0 Å². The minimum atomic E-state index is -3.70. The number of hydrogen-bond donors (Lipinski definition) is 1. The van der Waals surface area contributed by atoms with E-state index in [0.29, 0.717) is 27.3 Å². The van der Waals surface area contributed by atoms with Gasteiger partial charge in [-0.1, -0.05) is 23.7 Å². The zero-order valence-electron chi connectivity index (χ0n) is 15.1. The third-order valence-electron chi connectivity index (χ3n) is 4.24. The van der Waals surface area contributed by atoms with Gasteiger partial charge in [0.15, 0.2) is 0 Å². The van der Waals surface area contributed by atoms with Crippen LogP contribution >= 0.6 is 22.9 Å². The molecule has 8 nitrogen and oxygen atoms in total. The highest BCUT2D eigenvalue weighted by molar-refractivity contribution is 7.94. The predicted octanol–water partition coefficient (Wildman–Crippen LogP) is 4.59. The average molecular weight is 458 g/mol. The summed E-state index contributed by atoms with van der Waals surface area (Å²) in [6.45, 7) is 0. The van der Waals surface area contributed by atoms with Crippen molar-refractivity contribution < 1.29 is 13.2 Å². The first-order valence-electron chi connectivity index (χ1n) is 8.64. The normalized spacial score (nSPS) is 11.8. The van der Waals surface area contributed by atoms with Crippen molar-refractivity contribution in [2.24, 2.45) is 0 Å². The van der Waals surface area contributed by atoms with E-state index in [-0.39, 0.29) is 4.21 Å². The fourth-order valence-electron chi connectivity index (χ4n) is 2.90. The van der Waals surface area contributed by atoms with Crippen molar-refractivity contribution in [1.82, 2.24) is 19.6 Å². The van der Waals surface area contributed by atoms with Crippen LogP contribution in [0, 0.1) is 0 Å². The molecule has 3 aromatic heterocycles. The number of ether oxygens (including phenoxy) is 1. The summed E-state index contributed by atoms with van der Waals surface area (Å²) in [7, 11) is -3.70. The largest absolute Gasteiger partial charge is 0.436 e. The van der Waals surface area contributed by atoms with Crippen LogP contribution in [0.1, 0.15) is 0 Å². The molecule has 1 N–H and O–H groups in total. The Labute approximate surface area is 179 Å². The molecule has 0 unspecified atom stereocenters. The highest BCUT2D eigenvalue weighted by Gasteiger charge is 2.17. The highest BCUT2D eigenvalue weighted by Crippen LogP contribution is 2.29. The summed E-state index contributed by atoms with van der Waals surface area (Å²) >= 11 is 6.82. The molecule has 11 heteroatoms. The second-order valence-electron chi connectivity index (χ2n) is 6.22. The van der Waals surface area contributed by atoms with E-state index in [4.69, 9.17) is 16.3 Å². The quantitative estimate of drug-likeness (QED) is 0.414. The molecule has 2 aromatic carbocycles. The van der Waals surface area contributed by atoms with Crippen LogP contribution in [0.5, 0.6) is 11.6 Å². The van der Waals surface area contributed by atoms with E-state index in [1.165, 1.54) is 6.07 Å². The Balaban J connectivity index is 1.42. The van der Waals surface area contributed by atoms with Crippen LogP contribution in [-0.2, 0) is 10.0 Å². The highest BCUT2D eigenvalue weighted by atomic mass is 35.5. The minimum absolute atomic E-state index is 0.141. The first-order valence-corrected chi connectivity index (χ1v) is 11.3. The molecule has 0 aliphatic rings. The van der Waals surface area contributed by atoms with E-state index in [9.17, 15) is 8.42 Å². The maximum Gasteiger partial charge on any atom is 0.271 e. The number of aromatic nitrogens is 4. The lowest BCUT2D eigenvalue weighted by molar-refractivity contribution is 0.467. The van der Waals surface area contributed by atoms with Gasteiger partial charge >= 0.3 is 0 Å². The van der Waals surface area contributed by atoms with Gasteiger partial charge < -0.3 is 4.74 Å². The number of hydrogen-bond acceptors (Lipinski definition) is 7. The summed E-state index contributed by atoms with van der Waals surface area (Å²) in [4.78, 5) is 4.53. The van der Waals surface area contributed by atoms with Gasteiger partial charge in [0.25, 0.3) is 15.9 Å². The van der Waals surface area contributed by atoms with Gasteiger partial charge in [-0.2, -0.15) is 0 Å². The molecule has 0 spiro atoms. The van der Waals surface area contributed by atoms with Crippen LogP contribution in [-0.4, -0.2) is 28.0 Å². The zero-order valence-corrected chi connectivity index (χ0v) is 17.4. The van der Waals surface area contributed by atoms with Crippen molar-refractivity contribution in [2.45, 2.75) is 4.21 Å².